The second kappa shape index (κ2) is 6.09. The highest BCUT2D eigenvalue weighted by Gasteiger charge is 2.11. The zero-order valence-electron chi connectivity index (χ0n) is 10.9. The van der Waals surface area contributed by atoms with E-state index in [1.165, 1.54) is 0 Å². The van der Waals surface area contributed by atoms with Crippen LogP contribution in [0.4, 0.5) is 5.69 Å². The first-order chi connectivity index (χ1) is 9.16. The Morgan fingerprint density at radius 2 is 2.11 bits per heavy atom. The number of nitrogens with two attached hydrogens (primary N) is 1. The fraction of sp³-hybridized carbons (Fsp3) is 0.267. The van der Waals surface area contributed by atoms with Gasteiger partial charge in [0.15, 0.2) is 0 Å². The van der Waals surface area contributed by atoms with E-state index in [-0.39, 0.29) is 11.9 Å². The fourth-order valence-electron chi connectivity index (χ4n) is 1.93. The number of amides is 1. The number of para-hydroxylation sites is 1. The Hall–Kier alpha value is -2.23. The molecule has 0 saturated heterocycles. The van der Waals surface area contributed by atoms with Gasteiger partial charge in [0.1, 0.15) is 5.76 Å². The monoisotopic (exact) mass is 258 g/mol. The van der Waals surface area contributed by atoms with Gasteiger partial charge in [-0.1, -0.05) is 18.2 Å². The molecule has 1 amide bonds. The zero-order valence-corrected chi connectivity index (χ0v) is 10.9. The molecule has 1 heterocycles. The summed E-state index contributed by atoms with van der Waals surface area (Å²) in [5.74, 6) is 0.750. The van der Waals surface area contributed by atoms with Crippen molar-refractivity contribution in [3.8, 4) is 0 Å². The molecule has 4 nitrogen and oxygen atoms in total. The Morgan fingerprint density at radius 3 is 2.79 bits per heavy atom. The van der Waals surface area contributed by atoms with Crippen LogP contribution in [0.5, 0.6) is 0 Å². The molecule has 0 radical (unpaired) electrons. The van der Waals surface area contributed by atoms with Crippen LogP contribution in [-0.2, 0) is 11.2 Å². The van der Waals surface area contributed by atoms with E-state index < -0.39 is 0 Å². The summed E-state index contributed by atoms with van der Waals surface area (Å²) in [6, 6.07) is 11.1. The maximum absolute atomic E-state index is 11.8. The number of nitrogen functional groups attached to an aromatic ring is 1. The first kappa shape index (κ1) is 13.2. The Morgan fingerprint density at radius 1 is 1.32 bits per heavy atom. The molecule has 0 spiro atoms. The van der Waals surface area contributed by atoms with Crippen molar-refractivity contribution in [2.45, 2.75) is 25.8 Å². The molecule has 0 aliphatic carbocycles. The van der Waals surface area contributed by atoms with Gasteiger partial charge in [0.05, 0.1) is 12.3 Å². The molecular formula is C15H18N2O2. The number of carbonyl (C=O) groups excluding carboxylic acids is 1. The van der Waals surface area contributed by atoms with Crippen molar-refractivity contribution in [1.29, 1.82) is 0 Å². The number of anilines is 1. The van der Waals surface area contributed by atoms with Crippen LogP contribution in [0, 0.1) is 0 Å². The number of benzene rings is 1. The number of furan rings is 1. The lowest BCUT2D eigenvalue weighted by Crippen LogP contribution is -2.26. The van der Waals surface area contributed by atoms with E-state index >= 15 is 0 Å². The second-order valence-electron chi connectivity index (χ2n) is 4.50. The molecule has 1 aromatic carbocycles. The molecule has 0 fully saturated rings. The summed E-state index contributed by atoms with van der Waals surface area (Å²) in [5, 5.41) is 2.90. The van der Waals surface area contributed by atoms with E-state index in [0.717, 1.165) is 17.0 Å². The van der Waals surface area contributed by atoms with E-state index in [1.54, 1.807) is 6.26 Å². The minimum absolute atomic E-state index is 0.00727. The highest BCUT2D eigenvalue weighted by atomic mass is 16.3. The van der Waals surface area contributed by atoms with Crippen LogP contribution >= 0.6 is 0 Å². The first-order valence-electron chi connectivity index (χ1n) is 6.33. The SMILES string of the molecule is C[C@@H](NC(=O)CCc1ccccc1N)c1ccco1. The Kier molecular flexibility index (Phi) is 4.23. The van der Waals surface area contributed by atoms with Gasteiger partial charge in [0.25, 0.3) is 0 Å². The summed E-state index contributed by atoms with van der Waals surface area (Å²) in [5.41, 5.74) is 7.57. The van der Waals surface area contributed by atoms with Gasteiger partial charge >= 0.3 is 0 Å². The Labute approximate surface area is 112 Å². The number of nitrogens with one attached hydrogen (secondary N) is 1. The normalized spacial score (nSPS) is 12.1. The summed E-state index contributed by atoms with van der Waals surface area (Å²) in [4.78, 5) is 11.8. The zero-order chi connectivity index (χ0) is 13.7. The van der Waals surface area contributed by atoms with E-state index in [1.807, 2.05) is 43.3 Å². The van der Waals surface area contributed by atoms with Crippen LogP contribution in [0.1, 0.15) is 30.7 Å². The first-order valence-corrected chi connectivity index (χ1v) is 6.33. The molecule has 1 aromatic heterocycles. The predicted molar refractivity (Wildman–Crippen MR) is 74.4 cm³/mol. The molecule has 100 valence electrons. The number of hydrogen-bond acceptors (Lipinski definition) is 3. The molecule has 2 rings (SSSR count). The van der Waals surface area contributed by atoms with Crippen molar-refractivity contribution in [3.05, 3.63) is 54.0 Å². The lowest BCUT2D eigenvalue weighted by atomic mass is 10.1. The highest BCUT2D eigenvalue weighted by Crippen LogP contribution is 2.14. The molecule has 19 heavy (non-hydrogen) atoms. The van der Waals surface area contributed by atoms with Crippen LogP contribution in [-0.4, -0.2) is 5.91 Å². The largest absolute Gasteiger partial charge is 0.467 e. The van der Waals surface area contributed by atoms with Crippen LogP contribution in [0.15, 0.2) is 47.1 Å². The number of aryl methyl sites for hydroxylation is 1. The topological polar surface area (TPSA) is 68.3 Å². The third-order valence-corrected chi connectivity index (χ3v) is 3.02. The molecule has 0 bridgehead atoms. The van der Waals surface area contributed by atoms with Crippen molar-refractivity contribution < 1.29 is 9.21 Å². The Bertz CT molecular complexity index is 535. The van der Waals surface area contributed by atoms with Gasteiger partial charge in [0.2, 0.25) is 5.91 Å². The maximum Gasteiger partial charge on any atom is 0.220 e. The van der Waals surface area contributed by atoms with Gasteiger partial charge in [0, 0.05) is 12.1 Å². The molecule has 1 atom stereocenters. The average molecular weight is 258 g/mol. The summed E-state index contributed by atoms with van der Waals surface area (Å²) in [6.45, 7) is 1.90. The number of hydrogen-bond donors (Lipinski definition) is 2. The van der Waals surface area contributed by atoms with Crippen LogP contribution in [0.2, 0.25) is 0 Å². The summed E-state index contributed by atoms with van der Waals surface area (Å²) >= 11 is 0. The molecule has 0 aliphatic heterocycles. The lowest BCUT2D eigenvalue weighted by molar-refractivity contribution is -0.121. The summed E-state index contributed by atoms with van der Waals surface area (Å²) < 4.78 is 5.24. The maximum atomic E-state index is 11.8. The van der Waals surface area contributed by atoms with E-state index in [4.69, 9.17) is 10.2 Å². The average Bonchev–Trinajstić information content (AvgIpc) is 2.91. The molecule has 3 N–H and O–H groups in total. The van der Waals surface area contributed by atoms with E-state index in [2.05, 4.69) is 5.32 Å². The predicted octanol–water partition coefficient (Wildman–Crippen LogP) is 2.67. The molecule has 0 aliphatic rings. The number of carbonyl (C=O) groups is 1. The van der Waals surface area contributed by atoms with Crippen molar-refractivity contribution in [2.75, 3.05) is 5.73 Å². The van der Waals surface area contributed by atoms with Crippen molar-refractivity contribution >= 4 is 11.6 Å². The van der Waals surface area contributed by atoms with Crippen molar-refractivity contribution in [3.63, 3.8) is 0 Å². The van der Waals surface area contributed by atoms with Gasteiger partial charge in [-0.25, -0.2) is 0 Å². The standard InChI is InChI=1S/C15H18N2O2/c1-11(14-7-4-10-19-14)17-15(18)9-8-12-5-2-3-6-13(12)16/h2-7,10-11H,8-9,16H2,1H3,(H,17,18)/t11-/m1/s1. The second-order valence-corrected chi connectivity index (χ2v) is 4.50. The van der Waals surface area contributed by atoms with Gasteiger partial charge in [-0.2, -0.15) is 0 Å². The lowest BCUT2D eigenvalue weighted by Gasteiger charge is -2.11. The molecule has 4 heteroatoms. The molecule has 0 saturated carbocycles. The molecule has 0 unspecified atom stereocenters. The Balaban J connectivity index is 1.84. The van der Waals surface area contributed by atoms with Crippen molar-refractivity contribution in [1.82, 2.24) is 5.32 Å². The van der Waals surface area contributed by atoms with Gasteiger partial charge < -0.3 is 15.5 Å². The smallest absolute Gasteiger partial charge is 0.220 e. The van der Waals surface area contributed by atoms with Crippen molar-refractivity contribution in [2.24, 2.45) is 0 Å². The molecule has 2 aromatic rings. The van der Waals surface area contributed by atoms with Crippen LogP contribution in [0.25, 0.3) is 0 Å². The number of rotatable bonds is 5. The minimum atomic E-state index is -0.115. The van der Waals surface area contributed by atoms with Crippen LogP contribution < -0.4 is 11.1 Å². The summed E-state index contributed by atoms with van der Waals surface area (Å²) in [7, 11) is 0. The van der Waals surface area contributed by atoms with E-state index in [9.17, 15) is 4.79 Å². The van der Waals surface area contributed by atoms with Gasteiger partial charge in [-0.3, -0.25) is 4.79 Å². The van der Waals surface area contributed by atoms with Crippen LogP contribution in [0.3, 0.4) is 0 Å². The quantitative estimate of drug-likeness (QED) is 0.810. The third-order valence-electron chi connectivity index (χ3n) is 3.02. The van der Waals surface area contributed by atoms with E-state index in [0.29, 0.717) is 12.8 Å². The minimum Gasteiger partial charge on any atom is -0.467 e. The summed E-state index contributed by atoms with van der Waals surface area (Å²) in [6.07, 6.45) is 2.66. The fourth-order valence-corrected chi connectivity index (χ4v) is 1.93. The van der Waals surface area contributed by atoms with Gasteiger partial charge in [-0.05, 0) is 37.1 Å². The molecular weight excluding hydrogens is 240 g/mol. The highest BCUT2D eigenvalue weighted by molar-refractivity contribution is 5.76. The van der Waals surface area contributed by atoms with Gasteiger partial charge in [-0.15, -0.1) is 0 Å². The third kappa shape index (κ3) is 3.61.